The maximum Gasteiger partial charge on any atom is 0.414 e. The lowest BCUT2D eigenvalue weighted by Gasteiger charge is -2.40. The van der Waals surface area contributed by atoms with Crippen LogP contribution in [0.25, 0.3) is 0 Å². The van der Waals surface area contributed by atoms with Gasteiger partial charge in [-0.25, -0.2) is 9.78 Å². The SMILES string of the molecule is CC(C)(C)OC(=O)N1CC2(CCN(Cc3ccc(C4COc5cccnc5O4)cc3)CC2)c2ccccc21. The molecule has 1 unspecified atom stereocenters. The number of ether oxygens (including phenoxy) is 3. The number of pyridine rings is 1. The van der Waals surface area contributed by atoms with Crippen LogP contribution in [0.3, 0.4) is 0 Å². The van der Waals surface area contributed by atoms with Crippen LogP contribution in [-0.4, -0.2) is 47.8 Å². The standard InChI is InChI=1S/C31H35N3O4/c1-30(2,3)38-29(35)34-21-31(24-7-4-5-8-25(24)34)14-17-33(18-15-31)19-22-10-12-23(13-11-22)27-20-36-26-9-6-16-32-28(26)37-27/h4-13,16,27H,14-15,17-21H2,1-3H3. The highest BCUT2D eigenvalue weighted by molar-refractivity contribution is 5.91. The van der Waals surface area contributed by atoms with E-state index < -0.39 is 5.60 Å². The molecule has 7 heteroatoms. The number of aromatic nitrogens is 1. The molecule has 0 bridgehead atoms. The molecule has 0 aliphatic carbocycles. The Bertz CT molecular complexity index is 1310. The van der Waals surface area contributed by atoms with Crippen LogP contribution in [0.2, 0.25) is 0 Å². The minimum atomic E-state index is -0.516. The summed E-state index contributed by atoms with van der Waals surface area (Å²) >= 11 is 0. The van der Waals surface area contributed by atoms with Gasteiger partial charge in [0.05, 0.1) is 5.69 Å². The second kappa shape index (κ2) is 9.62. The Morgan fingerprint density at radius 3 is 2.58 bits per heavy atom. The average molecular weight is 514 g/mol. The van der Waals surface area contributed by atoms with Gasteiger partial charge in [-0.2, -0.15) is 0 Å². The zero-order valence-electron chi connectivity index (χ0n) is 22.4. The third kappa shape index (κ3) is 4.83. The number of hydrogen-bond acceptors (Lipinski definition) is 6. The number of likely N-dealkylation sites (tertiary alicyclic amines) is 1. The first-order valence-corrected chi connectivity index (χ1v) is 13.5. The molecule has 1 atom stereocenters. The molecule has 1 spiro atoms. The van der Waals surface area contributed by atoms with E-state index in [4.69, 9.17) is 14.2 Å². The molecule has 0 radical (unpaired) electrons. The molecule has 4 heterocycles. The summed E-state index contributed by atoms with van der Waals surface area (Å²) in [7, 11) is 0. The van der Waals surface area contributed by atoms with Gasteiger partial charge in [0, 0.05) is 24.7 Å². The van der Waals surface area contributed by atoms with Crippen molar-refractivity contribution in [3.8, 4) is 11.6 Å². The van der Waals surface area contributed by atoms with Crippen LogP contribution in [0, 0.1) is 0 Å². The predicted molar refractivity (Wildman–Crippen MR) is 146 cm³/mol. The van der Waals surface area contributed by atoms with Gasteiger partial charge in [-0.1, -0.05) is 42.5 Å². The summed E-state index contributed by atoms with van der Waals surface area (Å²) in [5.41, 5.74) is 4.11. The number of carbonyl (C=O) groups excluding carboxylic acids is 1. The maximum absolute atomic E-state index is 13.0. The molecule has 3 aromatic rings. The van der Waals surface area contributed by atoms with Gasteiger partial charge < -0.3 is 14.2 Å². The van der Waals surface area contributed by atoms with Crippen molar-refractivity contribution in [2.75, 3.05) is 31.1 Å². The number of piperidine rings is 1. The Morgan fingerprint density at radius 2 is 1.82 bits per heavy atom. The van der Waals surface area contributed by atoms with Crippen molar-refractivity contribution in [1.82, 2.24) is 9.88 Å². The van der Waals surface area contributed by atoms with E-state index in [1.165, 1.54) is 11.1 Å². The fourth-order valence-electron chi connectivity index (χ4n) is 5.85. The molecule has 1 amide bonds. The average Bonchev–Trinajstić information content (AvgIpc) is 3.24. The van der Waals surface area contributed by atoms with Crippen LogP contribution < -0.4 is 14.4 Å². The minimum Gasteiger partial charge on any atom is -0.484 e. The highest BCUT2D eigenvalue weighted by Crippen LogP contribution is 2.47. The summed E-state index contributed by atoms with van der Waals surface area (Å²) in [5, 5.41) is 0. The second-order valence-electron chi connectivity index (χ2n) is 11.6. The van der Waals surface area contributed by atoms with Crippen LogP contribution in [0.4, 0.5) is 10.5 Å². The minimum absolute atomic E-state index is 0.0174. The molecule has 3 aliphatic heterocycles. The zero-order valence-corrected chi connectivity index (χ0v) is 22.4. The molecular formula is C31H35N3O4. The third-order valence-electron chi connectivity index (χ3n) is 7.79. The van der Waals surface area contributed by atoms with E-state index in [9.17, 15) is 4.79 Å². The Kier molecular flexibility index (Phi) is 6.26. The Morgan fingerprint density at radius 1 is 1.05 bits per heavy atom. The van der Waals surface area contributed by atoms with Gasteiger partial charge in [0.15, 0.2) is 11.9 Å². The summed E-state index contributed by atoms with van der Waals surface area (Å²) in [6, 6.07) is 20.7. The number of nitrogens with zero attached hydrogens (tertiary/aromatic N) is 3. The summed E-state index contributed by atoms with van der Waals surface area (Å²) < 4.78 is 17.6. The van der Waals surface area contributed by atoms with Gasteiger partial charge >= 0.3 is 6.09 Å². The molecule has 1 fully saturated rings. The third-order valence-corrected chi connectivity index (χ3v) is 7.79. The molecule has 198 valence electrons. The number of anilines is 1. The van der Waals surface area contributed by atoms with E-state index in [1.54, 1.807) is 6.20 Å². The number of para-hydroxylation sites is 1. The fraction of sp³-hybridized carbons (Fsp3) is 0.419. The Balaban J connectivity index is 1.09. The summed E-state index contributed by atoms with van der Waals surface area (Å²) in [6.45, 7) is 9.79. The number of carbonyl (C=O) groups is 1. The lowest BCUT2D eigenvalue weighted by molar-refractivity contribution is 0.0570. The van der Waals surface area contributed by atoms with Crippen molar-refractivity contribution in [1.29, 1.82) is 0 Å². The van der Waals surface area contributed by atoms with Gasteiger partial charge in [0.1, 0.15) is 12.2 Å². The number of amides is 1. The largest absolute Gasteiger partial charge is 0.484 e. The van der Waals surface area contributed by atoms with Gasteiger partial charge in [-0.15, -0.1) is 0 Å². The molecule has 1 saturated heterocycles. The van der Waals surface area contributed by atoms with Crippen LogP contribution in [0.1, 0.15) is 56.4 Å². The number of hydrogen-bond donors (Lipinski definition) is 0. The number of benzene rings is 2. The number of rotatable bonds is 3. The van der Waals surface area contributed by atoms with Crippen molar-refractivity contribution in [3.63, 3.8) is 0 Å². The van der Waals surface area contributed by atoms with Crippen molar-refractivity contribution < 1.29 is 19.0 Å². The normalized spacial score (nSPS) is 20.3. The first kappa shape index (κ1) is 24.7. The van der Waals surface area contributed by atoms with E-state index in [1.807, 2.05) is 43.9 Å². The summed E-state index contributed by atoms with van der Waals surface area (Å²) in [6.07, 6.45) is 3.34. The first-order valence-electron chi connectivity index (χ1n) is 13.5. The van der Waals surface area contributed by atoms with Gasteiger partial charge in [0.2, 0.25) is 0 Å². The fourth-order valence-corrected chi connectivity index (χ4v) is 5.85. The van der Waals surface area contributed by atoms with Crippen molar-refractivity contribution in [3.05, 3.63) is 83.6 Å². The molecule has 2 aromatic carbocycles. The first-order chi connectivity index (χ1) is 18.3. The van der Waals surface area contributed by atoms with Crippen LogP contribution in [0.15, 0.2) is 66.9 Å². The quantitative estimate of drug-likeness (QED) is 0.436. The van der Waals surface area contributed by atoms with E-state index in [0.717, 1.165) is 43.7 Å². The van der Waals surface area contributed by atoms with E-state index in [0.29, 0.717) is 24.8 Å². The molecule has 38 heavy (non-hydrogen) atoms. The van der Waals surface area contributed by atoms with E-state index in [2.05, 4.69) is 52.3 Å². The molecular weight excluding hydrogens is 478 g/mol. The second-order valence-corrected chi connectivity index (χ2v) is 11.6. The molecule has 6 rings (SSSR count). The lowest BCUT2D eigenvalue weighted by Crippen LogP contribution is -2.46. The topological polar surface area (TPSA) is 64.1 Å². The van der Waals surface area contributed by atoms with Crippen LogP contribution in [-0.2, 0) is 16.7 Å². The van der Waals surface area contributed by atoms with E-state index in [-0.39, 0.29) is 17.6 Å². The highest BCUT2D eigenvalue weighted by Gasteiger charge is 2.47. The molecule has 3 aliphatic rings. The number of fused-ring (bicyclic) bond motifs is 3. The van der Waals surface area contributed by atoms with Gasteiger partial charge in [0.25, 0.3) is 5.88 Å². The van der Waals surface area contributed by atoms with E-state index >= 15 is 0 Å². The molecule has 1 aromatic heterocycles. The molecule has 7 nitrogen and oxygen atoms in total. The van der Waals surface area contributed by atoms with Crippen LogP contribution in [0.5, 0.6) is 11.6 Å². The summed E-state index contributed by atoms with van der Waals surface area (Å²) in [5.74, 6) is 1.25. The Hall–Kier alpha value is -3.58. The zero-order chi connectivity index (χ0) is 26.3. The maximum atomic E-state index is 13.0. The highest BCUT2D eigenvalue weighted by atomic mass is 16.6. The predicted octanol–water partition coefficient (Wildman–Crippen LogP) is 5.88. The van der Waals surface area contributed by atoms with Crippen molar-refractivity contribution in [2.45, 2.75) is 57.3 Å². The summed E-state index contributed by atoms with van der Waals surface area (Å²) in [4.78, 5) is 21.7. The Labute approximate surface area is 224 Å². The van der Waals surface area contributed by atoms with Crippen molar-refractivity contribution >= 4 is 11.8 Å². The monoisotopic (exact) mass is 513 g/mol. The van der Waals surface area contributed by atoms with Crippen molar-refractivity contribution in [2.24, 2.45) is 0 Å². The molecule has 0 saturated carbocycles. The lowest BCUT2D eigenvalue weighted by atomic mass is 9.74. The molecule has 0 N–H and O–H groups in total. The van der Waals surface area contributed by atoms with Gasteiger partial charge in [-0.05, 0) is 81.6 Å². The smallest absolute Gasteiger partial charge is 0.414 e. The van der Waals surface area contributed by atoms with Crippen LogP contribution >= 0.6 is 0 Å². The van der Waals surface area contributed by atoms with Gasteiger partial charge in [-0.3, -0.25) is 9.80 Å².